The highest BCUT2D eigenvalue weighted by Gasteiger charge is 2.23. The van der Waals surface area contributed by atoms with Gasteiger partial charge in [0.2, 0.25) is 0 Å². The Kier molecular flexibility index (Phi) is 4.42. The highest BCUT2D eigenvalue weighted by atomic mass is 16.5. The topological polar surface area (TPSA) is 41.5 Å². The molecule has 2 heterocycles. The van der Waals surface area contributed by atoms with E-state index in [-0.39, 0.29) is 6.10 Å². The minimum absolute atomic E-state index is 0.172. The minimum Gasteiger partial charge on any atom is -0.392 e. The number of rotatable bonds is 4. The third kappa shape index (κ3) is 3.44. The van der Waals surface area contributed by atoms with Crippen molar-refractivity contribution in [2.24, 2.45) is 0 Å². The molecule has 0 aliphatic carbocycles. The van der Waals surface area contributed by atoms with E-state index in [1.807, 2.05) is 0 Å². The first-order valence-electron chi connectivity index (χ1n) is 6.39. The molecule has 0 aromatic rings. The van der Waals surface area contributed by atoms with E-state index in [0.717, 1.165) is 32.4 Å². The van der Waals surface area contributed by atoms with Gasteiger partial charge in [0.25, 0.3) is 0 Å². The number of ether oxygens (including phenoxy) is 1. The lowest BCUT2D eigenvalue weighted by Crippen LogP contribution is -2.43. The van der Waals surface area contributed by atoms with E-state index in [9.17, 15) is 5.11 Å². The van der Waals surface area contributed by atoms with Crippen LogP contribution in [0.2, 0.25) is 0 Å². The molecule has 0 spiro atoms. The van der Waals surface area contributed by atoms with Gasteiger partial charge in [-0.15, -0.1) is 0 Å². The van der Waals surface area contributed by atoms with Crippen LogP contribution < -0.4 is 5.32 Å². The number of hydrogen-bond donors (Lipinski definition) is 2. The lowest BCUT2D eigenvalue weighted by Gasteiger charge is -2.28. The van der Waals surface area contributed by atoms with E-state index in [1.54, 1.807) is 0 Å². The van der Waals surface area contributed by atoms with Crippen LogP contribution in [0.3, 0.4) is 0 Å². The van der Waals surface area contributed by atoms with Gasteiger partial charge in [-0.1, -0.05) is 6.42 Å². The van der Waals surface area contributed by atoms with E-state index >= 15 is 0 Å². The van der Waals surface area contributed by atoms with Crippen LogP contribution >= 0.6 is 0 Å². The molecular weight excluding hydrogens is 190 g/mol. The second-order valence-electron chi connectivity index (χ2n) is 4.84. The van der Waals surface area contributed by atoms with Crippen molar-refractivity contribution in [3.8, 4) is 0 Å². The summed E-state index contributed by atoms with van der Waals surface area (Å²) in [4.78, 5) is 0. The summed E-state index contributed by atoms with van der Waals surface area (Å²) in [6.07, 6.45) is 8.20. The van der Waals surface area contributed by atoms with Gasteiger partial charge in [-0.05, 0) is 45.1 Å². The molecule has 2 N–H and O–H groups in total. The number of nitrogens with one attached hydrogen (secondary N) is 1. The summed E-state index contributed by atoms with van der Waals surface area (Å²) in [7, 11) is 0. The van der Waals surface area contributed by atoms with Crippen molar-refractivity contribution in [2.75, 3.05) is 13.2 Å². The summed E-state index contributed by atoms with van der Waals surface area (Å²) in [6.45, 7) is 1.99. The third-order valence-electron chi connectivity index (χ3n) is 3.62. The predicted octanol–water partition coefficient (Wildman–Crippen LogP) is 1.45. The maximum Gasteiger partial charge on any atom is 0.0694 e. The van der Waals surface area contributed by atoms with Crippen LogP contribution in [0.1, 0.15) is 44.9 Å². The molecule has 2 aliphatic heterocycles. The zero-order valence-electron chi connectivity index (χ0n) is 9.45. The molecule has 2 fully saturated rings. The number of hydrogen-bond acceptors (Lipinski definition) is 3. The molecule has 3 heteroatoms. The average molecular weight is 213 g/mol. The quantitative estimate of drug-likeness (QED) is 0.742. The highest BCUT2D eigenvalue weighted by Crippen LogP contribution is 2.20. The largest absolute Gasteiger partial charge is 0.392 e. The molecule has 0 aromatic heterocycles. The zero-order chi connectivity index (χ0) is 10.5. The van der Waals surface area contributed by atoms with Crippen molar-refractivity contribution in [3.05, 3.63) is 0 Å². The second-order valence-corrected chi connectivity index (χ2v) is 4.84. The Morgan fingerprint density at radius 2 is 2.20 bits per heavy atom. The van der Waals surface area contributed by atoms with Crippen LogP contribution in [0.15, 0.2) is 0 Å². The highest BCUT2D eigenvalue weighted by molar-refractivity contribution is 4.80. The monoisotopic (exact) mass is 213 g/mol. The first-order valence-corrected chi connectivity index (χ1v) is 6.39. The van der Waals surface area contributed by atoms with Crippen LogP contribution in [0.5, 0.6) is 0 Å². The normalized spacial score (nSPS) is 34.2. The Labute approximate surface area is 92.2 Å². The first-order chi connectivity index (χ1) is 7.36. The predicted molar refractivity (Wildman–Crippen MR) is 59.9 cm³/mol. The maximum atomic E-state index is 10.0. The molecule has 2 rings (SSSR count). The summed E-state index contributed by atoms with van der Waals surface area (Å²) in [5.41, 5.74) is 0. The molecule has 15 heavy (non-hydrogen) atoms. The van der Waals surface area contributed by atoms with Gasteiger partial charge in [0.1, 0.15) is 0 Å². The molecular formula is C12H23NO2. The molecule has 3 atom stereocenters. The molecule has 2 aliphatic rings. The molecule has 3 nitrogen and oxygen atoms in total. The zero-order valence-corrected chi connectivity index (χ0v) is 9.45. The van der Waals surface area contributed by atoms with Crippen LogP contribution in [-0.4, -0.2) is 36.5 Å². The second kappa shape index (κ2) is 5.83. The SMILES string of the molecule is OC(CCC1CCCO1)C1CCCCN1. The Morgan fingerprint density at radius 3 is 2.87 bits per heavy atom. The van der Waals surface area contributed by atoms with Crippen molar-refractivity contribution in [3.63, 3.8) is 0 Å². The summed E-state index contributed by atoms with van der Waals surface area (Å²) in [5, 5.41) is 13.4. The fraction of sp³-hybridized carbons (Fsp3) is 1.00. The van der Waals surface area contributed by atoms with Gasteiger partial charge in [-0.3, -0.25) is 0 Å². The Morgan fingerprint density at radius 1 is 1.27 bits per heavy atom. The standard InChI is InChI=1S/C12H23NO2/c14-12(11-5-1-2-8-13-11)7-6-10-4-3-9-15-10/h10-14H,1-9H2. The summed E-state index contributed by atoms with van der Waals surface area (Å²) in [6, 6.07) is 0.333. The van der Waals surface area contributed by atoms with E-state index < -0.39 is 0 Å². The van der Waals surface area contributed by atoms with E-state index in [2.05, 4.69) is 5.32 Å². The van der Waals surface area contributed by atoms with Crippen LogP contribution in [0.4, 0.5) is 0 Å². The Bertz CT molecular complexity index is 174. The third-order valence-corrected chi connectivity index (χ3v) is 3.62. The van der Waals surface area contributed by atoms with Gasteiger partial charge < -0.3 is 15.2 Å². The number of aliphatic hydroxyl groups excluding tert-OH is 1. The van der Waals surface area contributed by atoms with Gasteiger partial charge in [0.05, 0.1) is 12.2 Å². The molecule has 0 radical (unpaired) electrons. The van der Waals surface area contributed by atoms with E-state index in [1.165, 1.54) is 25.7 Å². The van der Waals surface area contributed by atoms with Crippen LogP contribution in [0, 0.1) is 0 Å². The molecule has 88 valence electrons. The van der Waals surface area contributed by atoms with Crippen molar-refractivity contribution >= 4 is 0 Å². The van der Waals surface area contributed by atoms with Crippen molar-refractivity contribution < 1.29 is 9.84 Å². The molecule has 0 amide bonds. The summed E-state index contributed by atoms with van der Waals surface area (Å²) >= 11 is 0. The van der Waals surface area contributed by atoms with Crippen LogP contribution in [0.25, 0.3) is 0 Å². The minimum atomic E-state index is -0.172. The van der Waals surface area contributed by atoms with Crippen molar-refractivity contribution in [1.82, 2.24) is 5.32 Å². The summed E-state index contributed by atoms with van der Waals surface area (Å²) < 4.78 is 5.56. The molecule has 3 unspecified atom stereocenters. The summed E-state index contributed by atoms with van der Waals surface area (Å²) in [5.74, 6) is 0. The lowest BCUT2D eigenvalue weighted by atomic mass is 9.95. The van der Waals surface area contributed by atoms with E-state index in [0.29, 0.717) is 12.1 Å². The van der Waals surface area contributed by atoms with Crippen molar-refractivity contribution in [2.45, 2.75) is 63.2 Å². The van der Waals surface area contributed by atoms with Gasteiger partial charge >= 0.3 is 0 Å². The first kappa shape index (κ1) is 11.4. The maximum absolute atomic E-state index is 10.0. The number of aliphatic hydroxyl groups is 1. The van der Waals surface area contributed by atoms with Gasteiger partial charge in [-0.2, -0.15) is 0 Å². The number of piperidine rings is 1. The van der Waals surface area contributed by atoms with Gasteiger partial charge in [0.15, 0.2) is 0 Å². The Hall–Kier alpha value is -0.120. The molecule has 0 saturated carbocycles. The fourth-order valence-corrected chi connectivity index (χ4v) is 2.64. The molecule has 0 aromatic carbocycles. The van der Waals surface area contributed by atoms with Crippen LogP contribution in [-0.2, 0) is 4.74 Å². The average Bonchev–Trinajstić information content (AvgIpc) is 2.80. The lowest BCUT2D eigenvalue weighted by molar-refractivity contribution is 0.0629. The van der Waals surface area contributed by atoms with Gasteiger partial charge in [0, 0.05) is 12.6 Å². The van der Waals surface area contributed by atoms with E-state index in [4.69, 9.17) is 4.74 Å². The van der Waals surface area contributed by atoms with Gasteiger partial charge in [-0.25, -0.2) is 0 Å². The molecule has 0 bridgehead atoms. The fourth-order valence-electron chi connectivity index (χ4n) is 2.64. The smallest absolute Gasteiger partial charge is 0.0694 e. The molecule has 2 saturated heterocycles. The Balaban J connectivity index is 1.64. The van der Waals surface area contributed by atoms with Crippen molar-refractivity contribution in [1.29, 1.82) is 0 Å².